The molecule has 0 saturated carbocycles. The predicted octanol–water partition coefficient (Wildman–Crippen LogP) is 0.685. The van der Waals surface area contributed by atoms with Gasteiger partial charge in [0, 0.05) is 26.1 Å². The first-order valence-corrected chi connectivity index (χ1v) is 5.20. The quantitative estimate of drug-likeness (QED) is 0.638. The zero-order chi connectivity index (χ0) is 10.1. The molecule has 80 valence electrons. The lowest BCUT2D eigenvalue weighted by Crippen LogP contribution is -2.41. The van der Waals surface area contributed by atoms with Crippen LogP contribution in [0.4, 0.5) is 0 Å². The number of hydrogen-bond acceptors (Lipinski definition) is 4. The highest BCUT2D eigenvalue weighted by Gasteiger charge is 2.12. The molecule has 1 heterocycles. The van der Waals surface area contributed by atoms with Crippen LogP contribution >= 0.6 is 0 Å². The van der Waals surface area contributed by atoms with E-state index in [0.717, 1.165) is 39.1 Å². The van der Waals surface area contributed by atoms with Gasteiger partial charge in [-0.05, 0) is 12.8 Å². The summed E-state index contributed by atoms with van der Waals surface area (Å²) in [7, 11) is 0. The van der Waals surface area contributed by atoms with Gasteiger partial charge in [0.1, 0.15) is 0 Å². The number of unbranched alkanes of at least 4 members (excludes halogenated alkanes) is 2. The molecule has 0 aromatic rings. The third-order valence-corrected chi connectivity index (χ3v) is 2.14. The van der Waals surface area contributed by atoms with Crippen LogP contribution in [-0.4, -0.2) is 39.0 Å². The van der Waals surface area contributed by atoms with Crippen molar-refractivity contribution < 1.29 is 9.47 Å². The summed E-state index contributed by atoms with van der Waals surface area (Å²) in [5, 5.41) is 11.6. The van der Waals surface area contributed by atoms with E-state index in [2.05, 4.69) is 11.4 Å². The third-order valence-electron chi connectivity index (χ3n) is 2.14. The largest absolute Gasteiger partial charge is 0.379 e. The van der Waals surface area contributed by atoms with Gasteiger partial charge < -0.3 is 14.8 Å². The Morgan fingerprint density at radius 3 is 3.14 bits per heavy atom. The minimum atomic E-state index is 0.208. The van der Waals surface area contributed by atoms with Gasteiger partial charge in [-0.25, -0.2) is 0 Å². The lowest BCUT2D eigenvalue weighted by Gasteiger charge is -2.23. The standard InChI is InChI=1S/C10H18N2O2/c11-4-2-1-3-6-13-9-10-8-12-5-7-14-10/h10,12H,1-3,5-9H2. The summed E-state index contributed by atoms with van der Waals surface area (Å²) in [6, 6.07) is 2.12. The average molecular weight is 198 g/mol. The van der Waals surface area contributed by atoms with Crippen LogP contribution in [0.25, 0.3) is 0 Å². The number of nitrogens with zero attached hydrogens (tertiary/aromatic N) is 1. The molecule has 0 aromatic heterocycles. The maximum absolute atomic E-state index is 8.31. The summed E-state index contributed by atoms with van der Waals surface area (Å²) in [5.41, 5.74) is 0. The molecule has 1 saturated heterocycles. The maximum atomic E-state index is 8.31. The Morgan fingerprint density at radius 2 is 2.43 bits per heavy atom. The van der Waals surface area contributed by atoms with Gasteiger partial charge in [0.2, 0.25) is 0 Å². The molecule has 0 amide bonds. The molecule has 4 heteroatoms. The number of morpholine rings is 1. The van der Waals surface area contributed by atoms with Crippen molar-refractivity contribution in [3.05, 3.63) is 0 Å². The minimum Gasteiger partial charge on any atom is -0.379 e. The number of ether oxygens (including phenoxy) is 2. The zero-order valence-corrected chi connectivity index (χ0v) is 8.50. The molecule has 0 aliphatic carbocycles. The minimum absolute atomic E-state index is 0.208. The van der Waals surface area contributed by atoms with Gasteiger partial charge in [-0.15, -0.1) is 0 Å². The van der Waals surface area contributed by atoms with Crippen LogP contribution in [0, 0.1) is 11.3 Å². The number of nitrogens with one attached hydrogen (secondary N) is 1. The number of hydrogen-bond donors (Lipinski definition) is 1. The Morgan fingerprint density at radius 1 is 1.50 bits per heavy atom. The molecule has 1 fully saturated rings. The van der Waals surface area contributed by atoms with Crippen LogP contribution in [-0.2, 0) is 9.47 Å². The summed E-state index contributed by atoms with van der Waals surface area (Å²) in [5.74, 6) is 0. The van der Waals surface area contributed by atoms with Crippen molar-refractivity contribution in [1.82, 2.24) is 5.32 Å². The van der Waals surface area contributed by atoms with E-state index >= 15 is 0 Å². The van der Waals surface area contributed by atoms with Gasteiger partial charge in [0.15, 0.2) is 0 Å². The van der Waals surface area contributed by atoms with Gasteiger partial charge >= 0.3 is 0 Å². The molecule has 0 bridgehead atoms. The molecule has 1 N–H and O–H groups in total. The van der Waals surface area contributed by atoms with E-state index in [1.165, 1.54) is 0 Å². The highest BCUT2D eigenvalue weighted by atomic mass is 16.5. The van der Waals surface area contributed by atoms with Crippen LogP contribution < -0.4 is 5.32 Å². The van der Waals surface area contributed by atoms with E-state index in [4.69, 9.17) is 14.7 Å². The molecule has 1 rings (SSSR count). The third kappa shape index (κ3) is 5.18. The maximum Gasteiger partial charge on any atom is 0.0933 e. The molecule has 14 heavy (non-hydrogen) atoms. The van der Waals surface area contributed by atoms with E-state index in [1.54, 1.807) is 0 Å². The van der Waals surface area contributed by atoms with Gasteiger partial charge in [-0.2, -0.15) is 5.26 Å². The summed E-state index contributed by atoms with van der Waals surface area (Å²) < 4.78 is 10.9. The molecule has 0 aromatic carbocycles. The number of rotatable bonds is 6. The summed E-state index contributed by atoms with van der Waals surface area (Å²) in [4.78, 5) is 0. The van der Waals surface area contributed by atoms with Crippen molar-refractivity contribution >= 4 is 0 Å². The number of nitriles is 1. The first-order valence-electron chi connectivity index (χ1n) is 5.20. The molecule has 0 radical (unpaired) electrons. The van der Waals surface area contributed by atoms with E-state index in [-0.39, 0.29) is 6.10 Å². The second kappa shape index (κ2) is 7.74. The normalized spacial score (nSPS) is 21.8. The Hall–Kier alpha value is -0.630. The lowest BCUT2D eigenvalue weighted by atomic mass is 10.2. The monoisotopic (exact) mass is 198 g/mol. The second-order valence-corrected chi connectivity index (χ2v) is 3.39. The first-order chi connectivity index (χ1) is 6.93. The van der Waals surface area contributed by atoms with Crippen molar-refractivity contribution in [3.8, 4) is 6.07 Å². The second-order valence-electron chi connectivity index (χ2n) is 3.39. The average Bonchev–Trinajstić information content (AvgIpc) is 2.25. The zero-order valence-electron chi connectivity index (χ0n) is 8.50. The highest BCUT2D eigenvalue weighted by molar-refractivity contribution is 4.68. The van der Waals surface area contributed by atoms with Crippen molar-refractivity contribution in [3.63, 3.8) is 0 Å². The molecule has 1 aliphatic rings. The SMILES string of the molecule is N#CCCCCOCC1CNCCO1. The summed E-state index contributed by atoms with van der Waals surface area (Å²) in [6.07, 6.45) is 2.73. The van der Waals surface area contributed by atoms with Crippen molar-refractivity contribution in [2.24, 2.45) is 0 Å². The molecule has 4 nitrogen and oxygen atoms in total. The van der Waals surface area contributed by atoms with E-state index in [1.807, 2.05) is 0 Å². The fourth-order valence-corrected chi connectivity index (χ4v) is 1.35. The van der Waals surface area contributed by atoms with E-state index < -0.39 is 0 Å². The Bertz CT molecular complexity index is 173. The van der Waals surface area contributed by atoms with Crippen molar-refractivity contribution in [1.29, 1.82) is 5.26 Å². The topological polar surface area (TPSA) is 54.3 Å². The molecular weight excluding hydrogens is 180 g/mol. The van der Waals surface area contributed by atoms with E-state index in [0.29, 0.717) is 13.0 Å². The lowest BCUT2D eigenvalue weighted by molar-refractivity contribution is -0.0318. The van der Waals surface area contributed by atoms with Gasteiger partial charge in [0.25, 0.3) is 0 Å². The highest BCUT2D eigenvalue weighted by Crippen LogP contribution is 1.99. The van der Waals surface area contributed by atoms with Crippen LogP contribution in [0.2, 0.25) is 0 Å². The fourth-order valence-electron chi connectivity index (χ4n) is 1.35. The summed E-state index contributed by atoms with van der Waals surface area (Å²) >= 11 is 0. The molecular formula is C10H18N2O2. The molecule has 1 aliphatic heterocycles. The summed E-state index contributed by atoms with van der Waals surface area (Å²) in [6.45, 7) is 4.01. The predicted molar refractivity (Wildman–Crippen MR) is 52.9 cm³/mol. The van der Waals surface area contributed by atoms with Gasteiger partial charge in [-0.1, -0.05) is 0 Å². The van der Waals surface area contributed by atoms with Crippen LogP contribution in [0.15, 0.2) is 0 Å². The van der Waals surface area contributed by atoms with Crippen LogP contribution in [0.3, 0.4) is 0 Å². The van der Waals surface area contributed by atoms with Gasteiger partial charge in [-0.3, -0.25) is 0 Å². The Labute approximate surface area is 85.2 Å². The van der Waals surface area contributed by atoms with Crippen LogP contribution in [0.5, 0.6) is 0 Å². The molecule has 1 atom stereocenters. The first kappa shape index (κ1) is 11.4. The fraction of sp³-hybridized carbons (Fsp3) is 0.900. The molecule has 0 spiro atoms. The van der Waals surface area contributed by atoms with Gasteiger partial charge in [0.05, 0.1) is 25.4 Å². The van der Waals surface area contributed by atoms with Crippen LogP contribution in [0.1, 0.15) is 19.3 Å². The molecule has 1 unspecified atom stereocenters. The Kier molecular flexibility index (Phi) is 6.33. The van der Waals surface area contributed by atoms with E-state index in [9.17, 15) is 0 Å². The van der Waals surface area contributed by atoms with Crippen molar-refractivity contribution in [2.75, 3.05) is 32.9 Å². The van der Waals surface area contributed by atoms with Crippen molar-refractivity contribution in [2.45, 2.75) is 25.4 Å². The Balaban J connectivity index is 1.85. The smallest absolute Gasteiger partial charge is 0.0933 e.